The normalized spacial score (nSPS) is 15.7. The van der Waals surface area contributed by atoms with E-state index >= 15 is 0 Å². The number of anilines is 1. The van der Waals surface area contributed by atoms with Crippen LogP contribution in [0.4, 0.5) is 5.69 Å². The maximum atomic E-state index is 12.4. The Balaban J connectivity index is 2.00. The Morgan fingerprint density at radius 2 is 1.86 bits per heavy atom. The Kier molecular flexibility index (Phi) is 5.33. The molecule has 5 nitrogen and oxygen atoms in total. The number of amides is 2. The molecular formula is C16H23N3O2. The summed E-state index contributed by atoms with van der Waals surface area (Å²) in [6.45, 7) is 7.03. The van der Waals surface area contributed by atoms with Crippen molar-refractivity contribution in [2.45, 2.75) is 20.3 Å². The third-order valence-corrected chi connectivity index (χ3v) is 3.55. The van der Waals surface area contributed by atoms with Crippen molar-refractivity contribution < 1.29 is 9.59 Å². The van der Waals surface area contributed by atoms with E-state index in [2.05, 4.69) is 10.6 Å². The van der Waals surface area contributed by atoms with Crippen LogP contribution < -0.4 is 10.6 Å². The fraction of sp³-hybridized carbons (Fsp3) is 0.500. The Hall–Kier alpha value is -1.88. The molecule has 0 unspecified atom stereocenters. The van der Waals surface area contributed by atoms with Gasteiger partial charge >= 0.3 is 0 Å². The van der Waals surface area contributed by atoms with Crippen LogP contribution in [-0.4, -0.2) is 42.9 Å². The summed E-state index contributed by atoms with van der Waals surface area (Å²) < 4.78 is 0. The Labute approximate surface area is 125 Å². The molecule has 1 fully saturated rings. The summed E-state index contributed by atoms with van der Waals surface area (Å²) in [7, 11) is 0. The molecule has 1 aliphatic heterocycles. The van der Waals surface area contributed by atoms with Crippen LogP contribution in [0.15, 0.2) is 24.3 Å². The van der Waals surface area contributed by atoms with E-state index in [1.807, 2.05) is 18.7 Å². The molecule has 0 radical (unpaired) electrons. The molecule has 2 amide bonds. The van der Waals surface area contributed by atoms with Crippen LogP contribution in [0, 0.1) is 5.92 Å². The van der Waals surface area contributed by atoms with Crippen LogP contribution in [0.2, 0.25) is 0 Å². The fourth-order valence-corrected chi connectivity index (χ4v) is 2.21. The molecule has 1 heterocycles. The van der Waals surface area contributed by atoms with Crippen molar-refractivity contribution in [3.63, 3.8) is 0 Å². The number of benzene rings is 1. The van der Waals surface area contributed by atoms with Crippen LogP contribution in [0.25, 0.3) is 0 Å². The van der Waals surface area contributed by atoms with Crippen LogP contribution in [0.1, 0.15) is 30.6 Å². The van der Waals surface area contributed by atoms with Crippen LogP contribution in [0.3, 0.4) is 0 Å². The highest BCUT2D eigenvalue weighted by Crippen LogP contribution is 2.13. The summed E-state index contributed by atoms with van der Waals surface area (Å²) in [6, 6.07) is 7.11. The largest absolute Gasteiger partial charge is 0.337 e. The number of nitrogens with zero attached hydrogens (tertiary/aromatic N) is 1. The summed E-state index contributed by atoms with van der Waals surface area (Å²) in [5, 5.41) is 6.11. The van der Waals surface area contributed by atoms with E-state index in [4.69, 9.17) is 0 Å². The predicted octanol–water partition coefficient (Wildman–Crippen LogP) is 1.72. The summed E-state index contributed by atoms with van der Waals surface area (Å²) in [4.78, 5) is 25.9. The molecule has 1 aromatic carbocycles. The lowest BCUT2D eigenvalue weighted by Gasteiger charge is -2.20. The van der Waals surface area contributed by atoms with E-state index in [0.29, 0.717) is 5.56 Å². The smallest absolute Gasteiger partial charge is 0.253 e. The molecule has 21 heavy (non-hydrogen) atoms. The van der Waals surface area contributed by atoms with E-state index in [-0.39, 0.29) is 17.7 Å². The second kappa shape index (κ2) is 7.22. The van der Waals surface area contributed by atoms with Gasteiger partial charge in [0.1, 0.15) is 0 Å². The van der Waals surface area contributed by atoms with Gasteiger partial charge in [0.25, 0.3) is 5.91 Å². The maximum Gasteiger partial charge on any atom is 0.253 e. The van der Waals surface area contributed by atoms with Crippen LogP contribution in [-0.2, 0) is 4.79 Å². The first-order valence-electron chi connectivity index (χ1n) is 7.49. The SMILES string of the molecule is CC(C)C(=O)Nc1ccc(C(=O)N2CCCNCC2)cc1. The lowest BCUT2D eigenvalue weighted by molar-refractivity contribution is -0.118. The van der Waals surface area contributed by atoms with Gasteiger partial charge in [-0.15, -0.1) is 0 Å². The van der Waals surface area contributed by atoms with E-state index < -0.39 is 0 Å². The van der Waals surface area contributed by atoms with Crippen molar-refractivity contribution in [3.05, 3.63) is 29.8 Å². The average Bonchev–Trinajstić information content (AvgIpc) is 2.76. The molecule has 0 spiro atoms. The number of hydrogen-bond acceptors (Lipinski definition) is 3. The minimum absolute atomic E-state index is 0.0207. The van der Waals surface area contributed by atoms with E-state index in [0.717, 1.165) is 38.3 Å². The topological polar surface area (TPSA) is 61.4 Å². The number of nitrogens with one attached hydrogen (secondary N) is 2. The zero-order chi connectivity index (χ0) is 15.2. The molecule has 1 saturated heterocycles. The highest BCUT2D eigenvalue weighted by molar-refractivity contribution is 5.96. The van der Waals surface area contributed by atoms with E-state index in [9.17, 15) is 9.59 Å². The Bertz CT molecular complexity index is 489. The van der Waals surface area contributed by atoms with Gasteiger partial charge in [0.05, 0.1) is 0 Å². The summed E-state index contributed by atoms with van der Waals surface area (Å²) in [5.41, 5.74) is 1.39. The molecule has 114 valence electrons. The quantitative estimate of drug-likeness (QED) is 0.890. The first-order valence-corrected chi connectivity index (χ1v) is 7.49. The molecule has 2 rings (SSSR count). The third kappa shape index (κ3) is 4.29. The van der Waals surface area contributed by atoms with Crippen molar-refractivity contribution in [1.29, 1.82) is 0 Å². The lowest BCUT2D eigenvalue weighted by Crippen LogP contribution is -2.34. The van der Waals surface area contributed by atoms with Crippen molar-refractivity contribution in [1.82, 2.24) is 10.2 Å². The second-order valence-corrected chi connectivity index (χ2v) is 5.62. The molecule has 2 N–H and O–H groups in total. The van der Waals surface area contributed by atoms with Crippen molar-refractivity contribution in [2.24, 2.45) is 5.92 Å². The Morgan fingerprint density at radius 3 is 2.52 bits per heavy atom. The molecule has 5 heteroatoms. The van der Waals surface area contributed by atoms with E-state index in [1.165, 1.54) is 0 Å². The summed E-state index contributed by atoms with van der Waals surface area (Å²) >= 11 is 0. The van der Waals surface area contributed by atoms with Gasteiger partial charge in [-0.1, -0.05) is 13.8 Å². The standard InChI is InChI=1S/C16H23N3O2/c1-12(2)15(20)18-14-6-4-13(5-7-14)16(21)19-10-3-8-17-9-11-19/h4-7,12,17H,3,8-11H2,1-2H3,(H,18,20). The van der Waals surface area contributed by atoms with Crippen LogP contribution in [0.5, 0.6) is 0 Å². The minimum atomic E-state index is -0.0593. The molecule has 0 aliphatic carbocycles. The summed E-state index contributed by atoms with van der Waals surface area (Å²) in [5.74, 6) is -0.0241. The van der Waals surface area contributed by atoms with Gasteiger partial charge in [-0.3, -0.25) is 9.59 Å². The van der Waals surface area contributed by atoms with E-state index in [1.54, 1.807) is 24.3 Å². The van der Waals surface area contributed by atoms with Gasteiger partial charge in [-0.25, -0.2) is 0 Å². The van der Waals surface area contributed by atoms with Gasteiger partial charge in [0, 0.05) is 36.8 Å². The molecule has 0 saturated carbocycles. The van der Waals surface area contributed by atoms with Gasteiger partial charge in [-0.05, 0) is 37.2 Å². The number of carbonyl (C=O) groups is 2. The first-order chi connectivity index (χ1) is 10.1. The molecule has 1 aromatic rings. The number of hydrogen-bond donors (Lipinski definition) is 2. The highest BCUT2D eigenvalue weighted by atomic mass is 16.2. The predicted molar refractivity (Wildman–Crippen MR) is 83.3 cm³/mol. The lowest BCUT2D eigenvalue weighted by atomic mass is 10.1. The van der Waals surface area contributed by atoms with Crippen molar-refractivity contribution >= 4 is 17.5 Å². The van der Waals surface area contributed by atoms with Crippen molar-refractivity contribution in [3.8, 4) is 0 Å². The van der Waals surface area contributed by atoms with Crippen LogP contribution >= 0.6 is 0 Å². The molecular weight excluding hydrogens is 266 g/mol. The molecule has 0 bridgehead atoms. The molecule has 1 aliphatic rings. The second-order valence-electron chi connectivity index (χ2n) is 5.62. The number of carbonyl (C=O) groups excluding carboxylic acids is 2. The third-order valence-electron chi connectivity index (χ3n) is 3.55. The minimum Gasteiger partial charge on any atom is -0.337 e. The van der Waals surface area contributed by atoms with Gasteiger partial charge in [-0.2, -0.15) is 0 Å². The van der Waals surface area contributed by atoms with Crippen molar-refractivity contribution in [2.75, 3.05) is 31.5 Å². The average molecular weight is 289 g/mol. The first kappa shape index (κ1) is 15.5. The highest BCUT2D eigenvalue weighted by Gasteiger charge is 2.17. The Morgan fingerprint density at radius 1 is 1.14 bits per heavy atom. The van der Waals surface area contributed by atoms with Gasteiger partial charge < -0.3 is 15.5 Å². The fourth-order valence-electron chi connectivity index (χ4n) is 2.21. The number of rotatable bonds is 3. The monoisotopic (exact) mass is 289 g/mol. The molecule has 0 aromatic heterocycles. The zero-order valence-electron chi connectivity index (χ0n) is 12.7. The maximum absolute atomic E-state index is 12.4. The zero-order valence-corrected chi connectivity index (χ0v) is 12.7. The summed E-state index contributed by atoms with van der Waals surface area (Å²) in [6.07, 6.45) is 0.980. The molecule has 0 atom stereocenters. The van der Waals surface area contributed by atoms with Gasteiger partial charge in [0.2, 0.25) is 5.91 Å². The van der Waals surface area contributed by atoms with Gasteiger partial charge in [0.15, 0.2) is 0 Å².